The summed E-state index contributed by atoms with van der Waals surface area (Å²) in [5.41, 5.74) is 0. The fraction of sp³-hybridized carbons (Fsp3) is 0.896. The smallest absolute Gasteiger partial charge is 0.361 e. The van der Waals surface area contributed by atoms with E-state index < -0.39 is 24.3 Å². The number of unbranched alkanes of at least 4 members (excludes halogenated alkanes) is 27. The molecular weight excluding hydrogens is 719 g/mol. The highest BCUT2D eigenvalue weighted by molar-refractivity contribution is 5.71. The average Bonchev–Trinajstić information content (AvgIpc) is 3.17. The van der Waals surface area contributed by atoms with E-state index in [4.69, 9.17) is 18.9 Å². The molecule has 0 saturated heterocycles. The van der Waals surface area contributed by atoms with Crippen LogP contribution in [0.1, 0.15) is 219 Å². The van der Waals surface area contributed by atoms with E-state index in [1.165, 1.54) is 141 Å². The molecule has 0 rings (SSSR count). The van der Waals surface area contributed by atoms with Gasteiger partial charge in [-0.15, -0.1) is 0 Å². The molecule has 2 unspecified atom stereocenters. The Morgan fingerprint density at radius 3 is 1.30 bits per heavy atom. The van der Waals surface area contributed by atoms with Crippen molar-refractivity contribution in [1.29, 1.82) is 0 Å². The Hall–Kier alpha value is -1.97. The van der Waals surface area contributed by atoms with Crippen LogP contribution in [0.3, 0.4) is 0 Å². The van der Waals surface area contributed by atoms with Crippen LogP contribution >= 0.6 is 0 Å². The van der Waals surface area contributed by atoms with E-state index >= 15 is 0 Å². The second-order valence-electron chi connectivity index (χ2n) is 17.4. The van der Waals surface area contributed by atoms with Gasteiger partial charge in [-0.1, -0.05) is 180 Å². The van der Waals surface area contributed by atoms with Crippen molar-refractivity contribution in [3.8, 4) is 0 Å². The molecule has 0 saturated carbocycles. The zero-order valence-electron chi connectivity index (χ0n) is 38.0. The van der Waals surface area contributed by atoms with Crippen LogP contribution in [0, 0.1) is 0 Å². The van der Waals surface area contributed by atoms with E-state index in [-0.39, 0.29) is 32.2 Å². The fourth-order valence-electron chi connectivity index (χ4n) is 6.77. The number of esters is 2. The van der Waals surface area contributed by atoms with Gasteiger partial charge >= 0.3 is 17.9 Å². The van der Waals surface area contributed by atoms with E-state index in [1.54, 1.807) is 0 Å². The summed E-state index contributed by atoms with van der Waals surface area (Å²) in [6.07, 6.45) is 39.8. The summed E-state index contributed by atoms with van der Waals surface area (Å²) in [6, 6.07) is 0. The lowest BCUT2D eigenvalue weighted by atomic mass is 10.0. The minimum atomic E-state index is -1.50. The number of quaternary nitrogens is 1. The summed E-state index contributed by atoms with van der Waals surface area (Å²) in [5, 5.41) is 9.64. The molecule has 57 heavy (non-hydrogen) atoms. The Bertz CT molecular complexity index is 949. The lowest BCUT2D eigenvalue weighted by Crippen LogP contribution is -2.40. The maximum Gasteiger partial charge on any atom is 0.361 e. The van der Waals surface area contributed by atoms with Crippen LogP contribution in [0.5, 0.6) is 0 Å². The number of hydrogen-bond donors (Lipinski definition) is 1. The quantitative estimate of drug-likeness (QED) is 0.0213. The van der Waals surface area contributed by atoms with Crippen molar-refractivity contribution in [2.24, 2.45) is 0 Å². The van der Waals surface area contributed by atoms with Crippen LogP contribution in [-0.4, -0.2) is 87.4 Å². The molecule has 1 N–H and O–H groups in total. The molecule has 0 aromatic heterocycles. The van der Waals surface area contributed by atoms with Gasteiger partial charge in [0.1, 0.15) is 13.2 Å². The third-order valence-corrected chi connectivity index (χ3v) is 10.5. The van der Waals surface area contributed by atoms with Crippen molar-refractivity contribution in [3.05, 3.63) is 12.2 Å². The van der Waals surface area contributed by atoms with E-state index in [1.807, 2.05) is 21.1 Å². The third-order valence-electron chi connectivity index (χ3n) is 10.5. The summed E-state index contributed by atoms with van der Waals surface area (Å²) in [6.45, 7) is 4.89. The van der Waals surface area contributed by atoms with E-state index in [0.717, 1.165) is 51.4 Å². The number of nitrogens with zero attached hydrogens (tertiary/aromatic N) is 1. The normalized spacial score (nSPS) is 12.9. The molecule has 0 bridgehead atoms. The maximum atomic E-state index is 12.8. The van der Waals surface area contributed by atoms with Crippen molar-refractivity contribution < 1.29 is 42.9 Å². The minimum absolute atomic E-state index is 0.178. The highest BCUT2D eigenvalue weighted by Crippen LogP contribution is 2.15. The summed E-state index contributed by atoms with van der Waals surface area (Å²) in [7, 11) is 5.96. The largest absolute Gasteiger partial charge is 0.477 e. The first kappa shape index (κ1) is 55.0. The topological polar surface area (TPSA) is 108 Å². The molecule has 9 heteroatoms. The van der Waals surface area contributed by atoms with Crippen molar-refractivity contribution in [1.82, 2.24) is 0 Å². The Kier molecular flexibility index (Phi) is 39.4. The number of carboxylic acids is 1. The van der Waals surface area contributed by atoms with E-state index in [2.05, 4.69) is 26.0 Å². The molecule has 0 heterocycles. The summed E-state index contributed by atoms with van der Waals surface area (Å²) in [4.78, 5) is 37.2. The van der Waals surface area contributed by atoms with Gasteiger partial charge in [-0.2, -0.15) is 0 Å². The molecule has 0 spiro atoms. The molecule has 2 atom stereocenters. The number of carbonyl (C=O) groups excluding carboxylic acids is 2. The number of carbonyl (C=O) groups is 3. The Morgan fingerprint density at radius 1 is 0.509 bits per heavy atom. The molecule has 0 radical (unpaired) electrons. The van der Waals surface area contributed by atoms with Gasteiger partial charge < -0.3 is 28.5 Å². The predicted molar refractivity (Wildman–Crippen MR) is 235 cm³/mol. The molecule has 0 aliphatic rings. The number of likely N-dealkylation sites (N-methyl/N-ethyl adjacent to an activating group) is 1. The molecule has 0 fully saturated rings. The first-order valence-corrected chi connectivity index (χ1v) is 23.9. The molecule has 0 aromatic carbocycles. The fourth-order valence-corrected chi connectivity index (χ4v) is 6.77. The molecular formula is C48H92NO8+. The lowest BCUT2D eigenvalue weighted by Gasteiger charge is -2.25. The zero-order chi connectivity index (χ0) is 42.1. The number of carboxylic acid groups (broad SMARTS) is 1. The Morgan fingerprint density at radius 2 is 0.895 bits per heavy atom. The monoisotopic (exact) mass is 811 g/mol. The molecule has 0 aliphatic carbocycles. The van der Waals surface area contributed by atoms with Gasteiger partial charge in [0, 0.05) is 12.8 Å². The minimum Gasteiger partial charge on any atom is -0.477 e. The number of rotatable bonds is 44. The van der Waals surface area contributed by atoms with Crippen LogP contribution < -0.4 is 0 Å². The van der Waals surface area contributed by atoms with Crippen LogP contribution in [0.15, 0.2) is 12.2 Å². The molecule has 0 amide bonds. The summed E-state index contributed by atoms with van der Waals surface area (Å²) >= 11 is 0. The Balaban J connectivity index is 4.38. The van der Waals surface area contributed by atoms with Gasteiger partial charge in [-0.3, -0.25) is 9.59 Å². The zero-order valence-corrected chi connectivity index (χ0v) is 38.0. The first-order valence-electron chi connectivity index (χ1n) is 23.9. The van der Waals surface area contributed by atoms with Crippen LogP contribution in [0.2, 0.25) is 0 Å². The molecule has 0 aliphatic heterocycles. The van der Waals surface area contributed by atoms with Crippen LogP contribution in [0.4, 0.5) is 0 Å². The standard InChI is InChI=1S/C48H91NO8/c1-6-8-10-12-14-16-18-20-22-23-25-27-29-31-33-35-37-39-46(51)57-44(43-56-48(47(52)53)54-41-40-49(3,4)5)42-55-45(50)38-36-34-32-30-28-26-24-21-19-17-15-13-11-9-7-2/h20,22,44,48H,6-19,21,23-43H2,1-5H3/p+1/b22-20-. The number of aliphatic carboxylic acids is 1. The third kappa shape index (κ3) is 42.0. The maximum absolute atomic E-state index is 12.8. The molecule has 0 aromatic rings. The van der Waals surface area contributed by atoms with Gasteiger partial charge in [-0.25, -0.2) is 4.79 Å². The van der Waals surface area contributed by atoms with Crippen LogP contribution in [0.25, 0.3) is 0 Å². The lowest BCUT2D eigenvalue weighted by molar-refractivity contribution is -0.870. The average molecular weight is 811 g/mol. The SMILES string of the molecule is CCCCCCCC/C=C\CCCCCCCCCC(=O)OC(COC(=O)CCCCCCCCCCCCCCCCC)COC(OCC[N+](C)(C)C)C(=O)O. The first-order chi connectivity index (χ1) is 27.6. The highest BCUT2D eigenvalue weighted by Gasteiger charge is 2.25. The second-order valence-corrected chi connectivity index (χ2v) is 17.4. The number of ether oxygens (including phenoxy) is 4. The van der Waals surface area contributed by atoms with Crippen molar-refractivity contribution in [2.45, 2.75) is 232 Å². The van der Waals surface area contributed by atoms with Crippen molar-refractivity contribution >= 4 is 17.9 Å². The van der Waals surface area contributed by atoms with Crippen molar-refractivity contribution in [3.63, 3.8) is 0 Å². The number of hydrogen-bond acceptors (Lipinski definition) is 7. The van der Waals surface area contributed by atoms with Crippen molar-refractivity contribution in [2.75, 3.05) is 47.5 Å². The summed E-state index contributed by atoms with van der Waals surface area (Å²) < 4.78 is 22.8. The van der Waals surface area contributed by atoms with Gasteiger partial charge in [0.2, 0.25) is 0 Å². The highest BCUT2D eigenvalue weighted by atomic mass is 16.7. The second kappa shape index (κ2) is 40.8. The Labute approximate surface area is 351 Å². The van der Waals surface area contributed by atoms with Crippen LogP contribution in [-0.2, 0) is 33.3 Å². The predicted octanol–water partition coefficient (Wildman–Crippen LogP) is 12.7. The van der Waals surface area contributed by atoms with Gasteiger partial charge in [0.25, 0.3) is 6.29 Å². The van der Waals surface area contributed by atoms with Gasteiger partial charge in [-0.05, 0) is 38.5 Å². The summed E-state index contributed by atoms with van der Waals surface area (Å²) in [5.74, 6) is -2.00. The number of allylic oxidation sites excluding steroid dienone is 2. The van der Waals surface area contributed by atoms with E-state index in [9.17, 15) is 19.5 Å². The molecule has 9 nitrogen and oxygen atoms in total. The van der Waals surface area contributed by atoms with Gasteiger partial charge in [0.15, 0.2) is 6.10 Å². The molecule has 336 valence electrons. The van der Waals surface area contributed by atoms with E-state index in [0.29, 0.717) is 17.4 Å². The van der Waals surface area contributed by atoms with Gasteiger partial charge in [0.05, 0.1) is 34.4 Å².